The minimum absolute atomic E-state index is 0.0386. The molecule has 0 bridgehead atoms. The number of piperidine rings is 1. The molecule has 1 aliphatic heterocycles. The summed E-state index contributed by atoms with van der Waals surface area (Å²) in [7, 11) is 0. The summed E-state index contributed by atoms with van der Waals surface area (Å²) < 4.78 is 14.0. The maximum atomic E-state index is 14.0. The summed E-state index contributed by atoms with van der Waals surface area (Å²) in [5.74, 6) is 0.914. The zero-order valence-corrected chi connectivity index (χ0v) is 13.1. The third-order valence-electron chi connectivity index (χ3n) is 4.96. The van der Waals surface area contributed by atoms with E-state index in [1.54, 1.807) is 6.07 Å². The molecule has 1 aliphatic carbocycles. The third kappa shape index (κ3) is 4.04. The van der Waals surface area contributed by atoms with E-state index in [4.69, 9.17) is 0 Å². The molecule has 1 aromatic rings. The highest BCUT2D eigenvalue weighted by Crippen LogP contribution is 2.28. The molecule has 3 rings (SSSR count). The van der Waals surface area contributed by atoms with Gasteiger partial charge in [-0.05, 0) is 69.3 Å². The zero-order valence-electron chi connectivity index (χ0n) is 13.1. The summed E-state index contributed by atoms with van der Waals surface area (Å²) in [6, 6.07) is 6.15. The standard InChI is InChI=1S/C18H27FN2/c1-2-15-4-3-5-18(19)17(15)13-21-10-8-16(9-11-21)20-12-14-6-7-14/h3-5,14,16,20H,2,6-13H2,1H3. The Hall–Kier alpha value is -0.930. The van der Waals surface area contributed by atoms with Crippen LogP contribution in [0.5, 0.6) is 0 Å². The summed E-state index contributed by atoms with van der Waals surface area (Å²) >= 11 is 0. The largest absolute Gasteiger partial charge is 0.314 e. The Bertz CT molecular complexity index is 462. The molecule has 1 aromatic carbocycles. The van der Waals surface area contributed by atoms with Crippen molar-refractivity contribution in [3.05, 3.63) is 35.1 Å². The number of hydrogen-bond donors (Lipinski definition) is 1. The van der Waals surface area contributed by atoms with E-state index in [0.717, 1.165) is 43.1 Å². The summed E-state index contributed by atoms with van der Waals surface area (Å²) in [5.41, 5.74) is 2.06. The molecule has 1 saturated heterocycles. The minimum atomic E-state index is -0.0386. The Morgan fingerprint density at radius 1 is 1.19 bits per heavy atom. The van der Waals surface area contributed by atoms with Crippen LogP contribution in [0.3, 0.4) is 0 Å². The van der Waals surface area contributed by atoms with Crippen molar-refractivity contribution in [1.29, 1.82) is 0 Å². The molecule has 3 heteroatoms. The van der Waals surface area contributed by atoms with Crippen molar-refractivity contribution in [2.45, 2.75) is 51.6 Å². The van der Waals surface area contributed by atoms with Crippen LogP contribution in [0, 0.1) is 11.7 Å². The summed E-state index contributed by atoms with van der Waals surface area (Å²) in [4.78, 5) is 2.41. The Labute approximate surface area is 127 Å². The second kappa shape index (κ2) is 6.89. The van der Waals surface area contributed by atoms with Crippen molar-refractivity contribution in [2.24, 2.45) is 5.92 Å². The molecule has 1 heterocycles. The van der Waals surface area contributed by atoms with Gasteiger partial charge in [-0.1, -0.05) is 19.1 Å². The fourth-order valence-electron chi connectivity index (χ4n) is 3.29. The number of aryl methyl sites for hydroxylation is 1. The lowest BCUT2D eigenvalue weighted by Crippen LogP contribution is -2.42. The van der Waals surface area contributed by atoms with Gasteiger partial charge < -0.3 is 5.32 Å². The van der Waals surface area contributed by atoms with Gasteiger partial charge in [0.1, 0.15) is 5.82 Å². The van der Waals surface area contributed by atoms with Gasteiger partial charge in [0, 0.05) is 18.2 Å². The second-order valence-electron chi connectivity index (χ2n) is 6.63. The molecule has 0 radical (unpaired) electrons. The predicted molar refractivity (Wildman–Crippen MR) is 84.8 cm³/mol. The number of halogens is 1. The van der Waals surface area contributed by atoms with Gasteiger partial charge in [-0.25, -0.2) is 4.39 Å². The van der Waals surface area contributed by atoms with Gasteiger partial charge in [0.05, 0.1) is 0 Å². The van der Waals surface area contributed by atoms with Crippen LogP contribution in [-0.4, -0.2) is 30.6 Å². The highest BCUT2D eigenvalue weighted by Gasteiger charge is 2.24. The monoisotopic (exact) mass is 290 g/mol. The number of rotatable bonds is 6. The first-order valence-electron chi connectivity index (χ1n) is 8.48. The number of nitrogens with zero attached hydrogens (tertiary/aromatic N) is 1. The highest BCUT2D eigenvalue weighted by atomic mass is 19.1. The molecule has 0 amide bonds. The molecule has 0 atom stereocenters. The van der Waals surface area contributed by atoms with E-state index in [9.17, 15) is 4.39 Å². The number of benzene rings is 1. The molecule has 1 N–H and O–H groups in total. The van der Waals surface area contributed by atoms with E-state index in [1.807, 2.05) is 6.07 Å². The lowest BCUT2D eigenvalue weighted by atomic mass is 10.0. The quantitative estimate of drug-likeness (QED) is 0.864. The summed E-state index contributed by atoms with van der Waals surface area (Å²) in [6.45, 7) is 6.25. The number of hydrogen-bond acceptors (Lipinski definition) is 2. The van der Waals surface area contributed by atoms with Crippen LogP contribution < -0.4 is 5.32 Å². The van der Waals surface area contributed by atoms with Crippen LogP contribution in [-0.2, 0) is 13.0 Å². The molecule has 2 aliphatic rings. The van der Waals surface area contributed by atoms with E-state index in [0.29, 0.717) is 6.04 Å². The molecule has 0 spiro atoms. The topological polar surface area (TPSA) is 15.3 Å². The van der Waals surface area contributed by atoms with Crippen LogP contribution in [0.2, 0.25) is 0 Å². The fourth-order valence-corrected chi connectivity index (χ4v) is 3.29. The van der Waals surface area contributed by atoms with Crippen molar-refractivity contribution in [2.75, 3.05) is 19.6 Å². The Morgan fingerprint density at radius 3 is 2.62 bits per heavy atom. The minimum Gasteiger partial charge on any atom is -0.314 e. The van der Waals surface area contributed by atoms with Gasteiger partial charge in [0.2, 0.25) is 0 Å². The Kier molecular flexibility index (Phi) is 4.91. The molecule has 116 valence electrons. The Morgan fingerprint density at radius 2 is 1.95 bits per heavy atom. The molecular formula is C18H27FN2. The van der Waals surface area contributed by atoms with E-state index < -0.39 is 0 Å². The average molecular weight is 290 g/mol. The number of likely N-dealkylation sites (tertiary alicyclic amines) is 1. The molecule has 2 nitrogen and oxygen atoms in total. The summed E-state index contributed by atoms with van der Waals surface area (Å²) in [5, 5.41) is 3.70. The van der Waals surface area contributed by atoms with Gasteiger partial charge >= 0.3 is 0 Å². The molecule has 1 saturated carbocycles. The second-order valence-corrected chi connectivity index (χ2v) is 6.63. The molecule has 2 fully saturated rings. The highest BCUT2D eigenvalue weighted by molar-refractivity contribution is 5.28. The van der Waals surface area contributed by atoms with Crippen LogP contribution in [0.25, 0.3) is 0 Å². The molecular weight excluding hydrogens is 263 g/mol. The van der Waals surface area contributed by atoms with Crippen molar-refractivity contribution in [1.82, 2.24) is 10.2 Å². The first-order valence-corrected chi connectivity index (χ1v) is 8.48. The van der Waals surface area contributed by atoms with E-state index in [1.165, 1.54) is 32.2 Å². The first-order chi connectivity index (χ1) is 10.3. The smallest absolute Gasteiger partial charge is 0.127 e. The average Bonchev–Trinajstić information content (AvgIpc) is 3.33. The van der Waals surface area contributed by atoms with E-state index in [-0.39, 0.29) is 5.82 Å². The van der Waals surface area contributed by atoms with Crippen molar-refractivity contribution < 1.29 is 4.39 Å². The lowest BCUT2D eigenvalue weighted by molar-refractivity contribution is 0.188. The molecule has 0 aromatic heterocycles. The van der Waals surface area contributed by atoms with Gasteiger partial charge in [0.15, 0.2) is 0 Å². The normalized spacial score (nSPS) is 20.9. The van der Waals surface area contributed by atoms with Crippen molar-refractivity contribution in [3.63, 3.8) is 0 Å². The zero-order chi connectivity index (χ0) is 14.7. The van der Waals surface area contributed by atoms with Gasteiger partial charge in [-0.15, -0.1) is 0 Å². The van der Waals surface area contributed by atoms with Crippen LogP contribution in [0.4, 0.5) is 4.39 Å². The Balaban J connectivity index is 1.50. The predicted octanol–water partition coefficient (Wildman–Crippen LogP) is 3.35. The lowest BCUT2D eigenvalue weighted by Gasteiger charge is -2.33. The first kappa shape index (κ1) is 15.0. The van der Waals surface area contributed by atoms with Gasteiger partial charge in [-0.3, -0.25) is 4.90 Å². The fraction of sp³-hybridized carbons (Fsp3) is 0.667. The summed E-state index contributed by atoms with van der Waals surface area (Å²) in [6.07, 6.45) is 6.13. The van der Waals surface area contributed by atoms with Crippen molar-refractivity contribution >= 4 is 0 Å². The van der Waals surface area contributed by atoms with E-state index >= 15 is 0 Å². The van der Waals surface area contributed by atoms with E-state index in [2.05, 4.69) is 23.2 Å². The maximum absolute atomic E-state index is 14.0. The van der Waals surface area contributed by atoms with Crippen LogP contribution in [0.1, 0.15) is 43.7 Å². The molecule has 0 unspecified atom stereocenters. The maximum Gasteiger partial charge on any atom is 0.127 e. The van der Waals surface area contributed by atoms with Crippen molar-refractivity contribution in [3.8, 4) is 0 Å². The van der Waals surface area contributed by atoms with Crippen LogP contribution in [0.15, 0.2) is 18.2 Å². The third-order valence-corrected chi connectivity index (χ3v) is 4.96. The number of nitrogens with one attached hydrogen (secondary N) is 1. The van der Waals surface area contributed by atoms with Gasteiger partial charge in [0.25, 0.3) is 0 Å². The van der Waals surface area contributed by atoms with Crippen LogP contribution >= 0.6 is 0 Å². The SMILES string of the molecule is CCc1cccc(F)c1CN1CCC(NCC2CC2)CC1. The van der Waals surface area contributed by atoms with Gasteiger partial charge in [-0.2, -0.15) is 0 Å². The molecule has 21 heavy (non-hydrogen) atoms.